The first-order valence-corrected chi connectivity index (χ1v) is 6.11. The summed E-state index contributed by atoms with van der Waals surface area (Å²) in [7, 11) is 0. The van der Waals surface area contributed by atoms with Gasteiger partial charge in [0.15, 0.2) is 0 Å². The standard InChI is InChI=1S/C13H15ClN2/c14-12(9-15)10-16-8-4-3-6-11-5-1-2-7-13(11)16/h1-2,5,7,12H,3-4,6,8,10H2. The Morgan fingerprint density at radius 2 is 2.19 bits per heavy atom. The first-order valence-electron chi connectivity index (χ1n) is 5.68. The van der Waals surface area contributed by atoms with E-state index in [4.69, 9.17) is 16.9 Å². The van der Waals surface area contributed by atoms with Crippen molar-refractivity contribution < 1.29 is 0 Å². The van der Waals surface area contributed by atoms with E-state index in [0.29, 0.717) is 6.54 Å². The highest BCUT2D eigenvalue weighted by Crippen LogP contribution is 2.26. The second kappa shape index (κ2) is 5.23. The van der Waals surface area contributed by atoms with Crippen molar-refractivity contribution in [2.24, 2.45) is 0 Å². The topological polar surface area (TPSA) is 27.0 Å². The number of benzene rings is 1. The largest absolute Gasteiger partial charge is 0.369 e. The zero-order valence-electron chi connectivity index (χ0n) is 9.19. The Morgan fingerprint density at radius 1 is 1.38 bits per heavy atom. The van der Waals surface area contributed by atoms with Crippen LogP contribution in [0.5, 0.6) is 0 Å². The van der Waals surface area contributed by atoms with E-state index in [9.17, 15) is 0 Å². The van der Waals surface area contributed by atoms with Crippen molar-refractivity contribution in [2.75, 3.05) is 18.0 Å². The fraction of sp³-hybridized carbons (Fsp3) is 0.462. The molecule has 0 saturated carbocycles. The van der Waals surface area contributed by atoms with Crippen molar-refractivity contribution >= 4 is 17.3 Å². The lowest BCUT2D eigenvalue weighted by atomic mass is 10.1. The summed E-state index contributed by atoms with van der Waals surface area (Å²) in [5, 5.41) is 8.35. The third-order valence-electron chi connectivity index (χ3n) is 2.98. The highest BCUT2D eigenvalue weighted by atomic mass is 35.5. The number of hydrogen-bond acceptors (Lipinski definition) is 2. The first kappa shape index (κ1) is 11.3. The molecule has 1 aliphatic rings. The fourth-order valence-electron chi connectivity index (χ4n) is 2.19. The van der Waals surface area contributed by atoms with Gasteiger partial charge in [0.25, 0.3) is 0 Å². The summed E-state index contributed by atoms with van der Waals surface area (Å²) < 4.78 is 0. The van der Waals surface area contributed by atoms with Crippen LogP contribution in [-0.4, -0.2) is 18.5 Å². The Bertz CT molecular complexity index is 397. The van der Waals surface area contributed by atoms with Gasteiger partial charge in [-0.1, -0.05) is 18.2 Å². The maximum atomic E-state index is 8.78. The summed E-state index contributed by atoms with van der Waals surface area (Å²) >= 11 is 5.92. The molecule has 0 aromatic heterocycles. The molecule has 0 radical (unpaired) electrons. The van der Waals surface area contributed by atoms with Crippen LogP contribution in [0.1, 0.15) is 18.4 Å². The zero-order chi connectivity index (χ0) is 11.4. The second-order valence-electron chi connectivity index (χ2n) is 4.13. The molecule has 0 aliphatic carbocycles. The van der Waals surface area contributed by atoms with Crippen molar-refractivity contribution in [3.63, 3.8) is 0 Å². The first-order chi connectivity index (χ1) is 7.81. The number of nitrogens with zero attached hydrogens (tertiary/aromatic N) is 2. The maximum Gasteiger partial charge on any atom is 0.137 e. The molecular formula is C13H15ClN2. The molecule has 0 bridgehead atoms. The summed E-state index contributed by atoms with van der Waals surface area (Å²) in [6.07, 6.45) is 3.52. The zero-order valence-corrected chi connectivity index (χ0v) is 9.95. The lowest BCUT2D eigenvalue weighted by Gasteiger charge is -2.25. The minimum absolute atomic E-state index is 0.425. The van der Waals surface area contributed by atoms with Gasteiger partial charge < -0.3 is 4.90 Å². The van der Waals surface area contributed by atoms with E-state index in [0.717, 1.165) is 13.0 Å². The van der Waals surface area contributed by atoms with Crippen molar-refractivity contribution in [2.45, 2.75) is 24.6 Å². The van der Waals surface area contributed by atoms with Crippen molar-refractivity contribution in [1.29, 1.82) is 5.26 Å². The van der Waals surface area contributed by atoms with E-state index in [2.05, 4.69) is 29.2 Å². The molecule has 1 atom stereocenters. The highest BCUT2D eigenvalue weighted by molar-refractivity contribution is 6.22. The molecule has 16 heavy (non-hydrogen) atoms. The SMILES string of the molecule is N#CC(Cl)CN1CCCCc2ccccc21. The number of aryl methyl sites for hydroxylation is 1. The van der Waals surface area contributed by atoms with E-state index in [-0.39, 0.29) is 0 Å². The molecule has 0 fully saturated rings. The lowest BCUT2D eigenvalue weighted by Crippen LogP contribution is -2.30. The van der Waals surface area contributed by atoms with Crippen LogP contribution in [0.4, 0.5) is 5.69 Å². The van der Waals surface area contributed by atoms with Crippen molar-refractivity contribution in [3.05, 3.63) is 29.8 Å². The van der Waals surface area contributed by atoms with Gasteiger partial charge in [-0.3, -0.25) is 0 Å². The van der Waals surface area contributed by atoms with Crippen LogP contribution in [0.3, 0.4) is 0 Å². The molecule has 1 aromatic rings. The van der Waals surface area contributed by atoms with Gasteiger partial charge in [-0.15, -0.1) is 11.6 Å². The van der Waals surface area contributed by atoms with Gasteiger partial charge in [-0.25, -0.2) is 0 Å². The molecular weight excluding hydrogens is 220 g/mol. The Kier molecular flexibility index (Phi) is 3.69. The van der Waals surface area contributed by atoms with E-state index in [1.807, 2.05) is 6.07 Å². The number of fused-ring (bicyclic) bond motifs is 1. The number of para-hydroxylation sites is 1. The van der Waals surface area contributed by atoms with Gasteiger partial charge in [-0.2, -0.15) is 5.26 Å². The molecule has 84 valence electrons. The molecule has 1 aromatic carbocycles. The third-order valence-corrected chi connectivity index (χ3v) is 3.21. The summed E-state index contributed by atoms with van der Waals surface area (Å²) in [6, 6.07) is 10.5. The third kappa shape index (κ3) is 2.48. The Balaban J connectivity index is 2.23. The highest BCUT2D eigenvalue weighted by Gasteiger charge is 2.17. The van der Waals surface area contributed by atoms with E-state index < -0.39 is 5.38 Å². The molecule has 1 unspecified atom stereocenters. The summed E-state index contributed by atoms with van der Waals surface area (Å²) in [6.45, 7) is 1.62. The van der Waals surface area contributed by atoms with Crippen LogP contribution < -0.4 is 4.90 Å². The van der Waals surface area contributed by atoms with Crippen molar-refractivity contribution in [3.8, 4) is 6.07 Å². The van der Waals surface area contributed by atoms with Gasteiger partial charge in [0.2, 0.25) is 0 Å². The predicted octanol–water partition coefficient (Wildman–Crippen LogP) is 2.96. The van der Waals surface area contributed by atoms with Gasteiger partial charge in [0, 0.05) is 18.8 Å². The molecule has 0 saturated heterocycles. The van der Waals surface area contributed by atoms with Crippen LogP contribution in [0.15, 0.2) is 24.3 Å². The number of alkyl halides is 1. The molecule has 0 spiro atoms. The average Bonchev–Trinajstić information content (AvgIpc) is 2.52. The van der Waals surface area contributed by atoms with Crippen LogP contribution in [0.25, 0.3) is 0 Å². The van der Waals surface area contributed by atoms with Gasteiger partial charge in [0.05, 0.1) is 6.07 Å². The Labute approximate surface area is 101 Å². The van der Waals surface area contributed by atoms with Gasteiger partial charge in [0.1, 0.15) is 5.38 Å². The van der Waals surface area contributed by atoms with Crippen LogP contribution >= 0.6 is 11.6 Å². The maximum absolute atomic E-state index is 8.78. The van der Waals surface area contributed by atoms with Gasteiger partial charge in [-0.05, 0) is 30.9 Å². The van der Waals surface area contributed by atoms with Gasteiger partial charge >= 0.3 is 0 Å². The molecule has 0 amide bonds. The monoisotopic (exact) mass is 234 g/mol. The van der Waals surface area contributed by atoms with Crippen LogP contribution in [0.2, 0.25) is 0 Å². The number of nitriles is 1. The van der Waals surface area contributed by atoms with Crippen molar-refractivity contribution in [1.82, 2.24) is 0 Å². The predicted molar refractivity (Wildman–Crippen MR) is 66.8 cm³/mol. The molecule has 1 aliphatic heterocycles. The van der Waals surface area contributed by atoms with Crippen LogP contribution in [-0.2, 0) is 6.42 Å². The molecule has 1 heterocycles. The minimum Gasteiger partial charge on any atom is -0.369 e. The average molecular weight is 235 g/mol. The number of rotatable bonds is 2. The lowest BCUT2D eigenvalue weighted by molar-refractivity contribution is 0.718. The summed E-state index contributed by atoms with van der Waals surface area (Å²) in [5.74, 6) is 0. The minimum atomic E-state index is -0.425. The Morgan fingerprint density at radius 3 is 3.00 bits per heavy atom. The van der Waals surface area contributed by atoms with E-state index in [1.165, 1.54) is 24.1 Å². The molecule has 2 nitrogen and oxygen atoms in total. The number of halogens is 1. The number of hydrogen-bond donors (Lipinski definition) is 0. The molecule has 3 heteroatoms. The Hall–Kier alpha value is -1.20. The summed E-state index contributed by atoms with van der Waals surface area (Å²) in [4.78, 5) is 2.24. The molecule has 2 rings (SSSR count). The fourth-order valence-corrected chi connectivity index (χ4v) is 2.36. The quantitative estimate of drug-likeness (QED) is 0.736. The second-order valence-corrected chi connectivity index (χ2v) is 4.66. The summed E-state index contributed by atoms with van der Waals surface area (Å²) in [5.41, 5.74) is 2.63. The van der Waals surface area contributed by atoms with E-state index >= 15 is 0 Å². The van der Waals surface area contributed by atoms with Crippen LogP contribution in [0, 0.1) is 11.3 Å². The van der Waals surface area contributed by atoms with E-state index in [1.54, 1.807) is 0 Å². The number of anilines is 1. The smallest absolute Gasteiger partial charge is 0.137 e. The molecule has 0 N–H and O–H groups in total. The normalized spacial score (nSPS) is 17.1.